The molecule has 0 saturated carbocycles. The van der Waals surface area contributed by atoms with Gasteiger partial charge in [0.05, 0.1) is 0 Å². The van der Waals surface area contributed by atoms with E-state index in [9.17, 15) is 23.4 Å². The van der Waals surface area contributed by atoms with Gasteiger partial charge in [-0.2, -0.15) is 0 Å². The van der Waals surface area contributed by atoms with E-state index in [-0.39, 0.29) is 28.1 Å². The average molecular weight is 617 g/mol. The number of hydrogen-bond donors (Lipinski definition) is 3. The first-order valence-corrected chi connectivity index (χ1v) is 15.8. The number of aryl methyl sites for hydroxylation is 1. The number of hydrogen-bond acceptors (Lipinski definition) is 7. The number of anilines is 1. The summed E-state index contributed by atoms with van der Waals surface area (Å²) in [5.74, 6) is -0.982. The molecule has 3 aromatic carbocycles. The molecule has 3 N–H and O–H groups in total. The third-order valence-electron chi connectivity index (χ3n) is 5.94. The molecular weight excluding hydrogens is 589 g/mol. The van der Waals surface area contributed by atoms with E-state index < -0.39 is 25.6 Å². The number of carbonyl (C=O) groups excluding carboxylic acids is 2. The molecule has 0 aliphatic rings. The number of amides is 2. The maximum atomic E-state index is 13.7. The summed E-state index contributed by atoms with van der Waals surface area (Å²) in [5, 5.41) is 12.1. The maximum absolute atomic E-state index is 13.7. The molecule has 1 atom stereocenters. The third kappa shape index (κ3) is 7.81. The zero-order valence-electron chi connectivity index (χ0n) is 22.1. The second-order valence-corrected chi connectivity index (χ2v) is 12.8. The zero-order valence-corrected chi connectivity index (χ0v) is 24.0. The van der Waals surface area contributed by atoms with Gasteiger partial charge in [0.25, 0.3) is 0 Å². The van der Waals surface area contributed by atoms with Gasteiger partial charge in [-0.3, -0.25) is 0 Å². The van der Waals surface area contributed by atoms with Crippen LogP contribution in [-0.2, 0) is 27.5 Å². The Kier molecular flexibility index (Phi) is 9.89. The van der Waals surface area contributed by atoms with Gasteiger partial charge in [-0.15, -0.1) is 0 Å². The van der Waals surface area contributed by atoms with Gasteiger partial charge in [-0.1, -0.05) is 18.2 Å². The average Bonchev–Trinajstić information content (AvgIpc) is 3.00. The monoisotopic (exact) mass is 617 g/mol. The van der Waals surface area contributed by atoms with E-state index in [2.05, 4.69) is 9.19 Å². The van der Waals surface area contributed by atoms with Crippen LogP contribution in [0.1, 0.15) is 30.2 Å². The first kappa shape index (κ1) is 29.5. The quantitative estimate of drug-likeness (QED) is 0.133. The van der Waals surface area contributed by atoms with Crippen LogP contribution in [0.5, 0.6) is 0 Å². The number of rotatable bonds is 11. The summed E-state index contributed by atoms with van der Waals surface area (Å²) in [6.07, 6.45) is 4.23. The Balaban J connectivity index is 1.72. The number of nitrogens with one attached hydrogen (secondary N) is 2. The van der Waals surface area contributed by atoms with Crippen molar-refractivity contribution in [2.75, 3.05) is 5.32 Å². The number of hydroxylamine groups is 1. The predicted molar refractivity (Wildman–Crippen MR) is 155 cm³/mol. The van der Waals surface area contributed by atoms with Crippen LogP contribution in [0.2, 0.25) is 0 Å². The van der Waals surface area contributed by atoms with Crippen molar-refractivity contribution in [3.63, 3.8) is 0 Å². The molecule has 10 nitrogen and oxygen atoms in total. The summed E-state index contributed by atoms with van der Waals surface area (Å²) >= 11 is -5.15. The fourth-order valence-electron chi connectivity index (χ4n) is 3.95. The normalized spacial score (nSPS) is 12.5. The van der Waals surface area contributed by atoms with Crippen molar-refractivity contribution in [2.24, 2.45) is 0 Å². The van der Waals surface area contributed by atoms with E-state index in [1.54, 1.807) is 18.2 Å². The van der Waals surface area contributed by atoms with Gasteiger partial charge >= 0.3 is 221 Å². The Morgan fingerprint density at radius 3 is 2.32 bits per heavy atom. The van der Waals surface area contributed by atoms with Crippen molar-refractivity contribution in [3.05, 3.63) is 124 Å². The topological polar surface area (TPSA) is 136 Å². The van der Waals surface area contributed by atoms with Crippen LogP contribution < -0.4 is 20.7 Å². The van der Waals surface area contributed by atoms with Gasteiger partial charge in [-0.25, -0.2) is 0 Å². The number of carbonyl (C=O) groups is 2. The molecule has 0 radical (unpaired) electrons. The SMILES string of the molecule is CC(=O)NO[As](=O)(OO)c1cccc(-n2c(C=Cc3ccccc3)ccc(NC(=O)CCc3ccccc3)c2=O)c1. The minimum atomic E-state index is -5.15. The Morgan fingerprint density at radius 2 is 1.63 bits per heavy atom. The van der Waals surface area contributed by atoms with E-state index in [4.69, 9.17) is 3.83 Å². The third-order valence-corrected chi connectivity index (χ3v) is 8.99. The van der Waals surface area contributed by atoms with Gasteiger partial charge < -0.3 is 0 Å². The molecule has 210 valence electrons. The molecule has 0 bridgehead atoms. The Hall–Kier alpha value is -4.47. The van der Waals surface area contributed by atoms with Crippen molar-refractivity contribution in [2.45, 2.75) is 19.8 Å². The zero-order chi connectivity index (χ0) is 29.2. The molecule has 2 amide bonds. The molecule has 0 spiro atoms. The van der Waals surface area contributed by atoms with Gasteiger partial charge in [0, 0.05) is 0 Å². The van der Waals surface area contributed by atoms with Gasteiger partial charge in [-0.05, 0) is 0 Å². The van der Waals surface area contributed by atoms with Crippen molar-refractivity contribution >= 4 is 48.2 Å². The Labute approximate surface area is 239 Å². The summed E-state index contributed by atoms with van der Waals surface area (Å²) in [6, 6.07) is 28.0. The van der Waals surface area contributed by atoms with E-state index in [0.29, 0.717) is 12.1 Å². The number of aromatic nitrogens is 1. The van der Waals surface area contributed by atoms with Crippen molar-refractivity contribution < 1.29 is 26.3 Å². The van der Waals surface area contributed by atoms with Crippen LogP contribution in [0.3, 0.4) is 0 Å². The van der Waals surface area contributed by atoms with Crippen LogP contribution in [0.4, 0.5) is 5.69 Å². The number of benzene rings is 3. The van der Waals surface area contributed by atoms with Crippen molar-refractivity contribution in [1.82, 2.24) is 10.0 Å². The van der Waals surface area contributed by atoms with Crippen molar-refractivity contribution in [3.8, 4) is 5.69 Å². The summed E-state index contributed by atoms with van der Waals surface area (Å²) < 4.78 is 23.5. The summed E-state index contributed by atoms with van der Waals surface area (Å²) in [4.78, 5) is 37.8. The molecular formula is C30H28AsN3O7. The summed E-state index contributed by atoms with van der Waals surface area (Å²) in [6.45, 7) is 1.14. The second kappa shape index (κ2) is 13.7. The number of pyridine rings is 1. The molecule has 4 aromatic rings. The van der Waals surface area contributed by atoms with Crippen LogP contribution in [0.15, 0.2) is 102 Å². The van der Waals surface area contributed by atoms with Gasteiger partial charge in [0.1, 0.15) is 0 Å². The van der Waals surface area contributed by atoms with E-state index in [1.165, 1.54) is 28.8 Å². The van der Waals surface area contributed by atoms with E-state index >= 15 is 0 Å². The Morgan fingerprint density at radius 1 is 0.927 bits per heavy atom. The van der Waals surface area contributed by atoms with Crippen LogP contribution >= 0.6 is 0 Å². The van der Waals surface area contributed by atoms with E-state index in [0.717, 1.165) is 18.1 Å². The van der Waals surface area contributed by atoms with E-state index in [1.807, 2.05) is 72.2 Å². The second-order valence-electron chi connectivity index (χ2n) is 8.94. The standard InChI is InChI=1S/C30H28AsN3O7/c1-22(35)33-40-31(38,41-39)25-13-8-14-27(21-25)34-26(17-15-23-9-4-2-5-10-23)18-19-28(30(34)37)32-29(36)20-16-24-11-6-3-7-12-24/h2-15,17-19,21,39H,16,20H2,1H3,(H,32,36)(H,33,35). The Bertz CT molecular complexity index is 1650. The van der Waals surface area contributed by atoms with Gasteiger partial charge in [0.15, 0.2) is 0 Å². The molecule has 0 saturated heterocycles. The van der Waals surface area contributed by atoms with Crippen LogP contribution in [0, 0.1) is 0 Å². The molecule has 41 heavy (non-hydrogen) atoms. The summed E-state index contributed by atoms with van der Waals surface area (Å²) in [5.41, 5.74) is 4.03. The van der Waals surface area contributed by atoms with Crippen molar-refractivity contribution in [1.29, 1.82) is 0 Å². The minimum absolute atomic E-state index is 0.0479. The molecule has 1 heterocycles. The molecule has 11 heteroatoms. The fraction of sp³-hybridized carbons (Fsp3) is 0.100. The first-order chi connectivity index (χ1) is 19.8. The van der Waals surface area contributed by atoms with Gasteiger partial charge in [0.2, 0.25) is 0 Å². The first-order valence-electron chi connectivity index (χ1n) is 12.6. The molecule has 1 unspecified atom stereocenters. The molecule has 0 fully saturated rings. The van der Waals surface area contributed by atoms with Crippen LogP contribution in [0.25, 0.3) is 17.8 Å². The molecule has 0 aliphatic carbocycles. The number of nitrogens with zero attached hydrogens (tertiary/aromatic N) is 1. The molecule has 0 aliphatic heterocycles. The fourth-order valence-corrected chi connectivity index (χ4v) is 6.13. The predicted octanol–water partition coefficient (Wildman–Crippen LogP) is 3.71. The molecule has 4 rings (SSSR count). The molecule has 1 aromatic heterocycles. The summed E-state index contributed by atoms with van der Waals surface area (Å²) in [7, 11) is 0. The van der Waals surface area contributed by atoms with Crippen LogP contribution in [-0.4, -0.2) is 35.8 Å².